The summed E-state index contributed by atoms with van der Waals surface area (Å²) in [6.45, 7) is 3.83. The van der Waals surface area contributed by atoms with Gasteiger partial charge in [0.05, 0.1) is 23.6 Å². The smallest absolute Gasteiger partial charge is 0.224 e. The second kappa shape index (κ2) is 9.68. The van der Waals surface area contributed by atoms with Crippen molar-refractivity contribution in [1.29, 1.82) is 0 Å². The van der Waals surface area contributed by atoms with E-state index in [1.807, 2.05) is 74.8 Å². The molecule has 35 heavy (non-hydrogen) atoms. The van der Waals surface area contributed by atoms with Crippen LogP contribution in [-0.4, -0.2) is 25.6 Å². The zero-order valence-corrected chi connectivity index (χ0v) is 20.4. The Morgan fingerprint density at radius 2 is 1.97 bits per heavy atom. The normalized spacial score (nSPS) is 17.3. The SMILES string of the molecule is CCC(=O)Nc1ccc(N2C(=S)N[C@@H](c3ccccn3)[C@@H]2c2cccn2-c2cccnc2)cc1C. The van der Waals surface area contributed by atoms with Crippen LogP contribution in [0.5, 0.6) is 0 Å². The maximum absolute atomic E-state index is 11.9. The minimum Gasteiger partial charge on any atom is -0.351 e. The molecule has 5 rings (SSSR count). The number of amides is 1. The Morgan fingerprint density at radius 3 is 2.69 bits per heavy atom. The van der Waals surface area contributed by atoms with Gasteiger partial charge in [0, 0.05) is 42.1 Å². The summed E-state index contributed by atoms with van der Waals surface area (Å²) in [5.74, 6) is -0.0124. The summed E-state index contributed by atoms with van der Waals surface area (Å²) in [5, 5.41) is 7.09. The molecule has 7 nitrogen and oxygen atoms in total. The minimum atomic E-state index is -0.164. The molecule has 8 heteroatoms. The van der Waals surface area contributed by atoms with Crippen LogP contribution in [0.15, 0.2) is 85.5 Å². The van der Waals surface area contributed by atoms with Crippen LogP contribution < -0.4 is 15.5 Å². The predicted molar refractivity (Wildman–Crippen MR) is 142 cm³/mol. The molecule has 2 N–H and O–H groups in total. The van der Waals surface area contributed by atoms with Gasteiger partial charge in [0.2, 0.25) is 5.91 Å². The third kappa shape index (κ3) is 4.40. The van der Waals surface area contributed by atoms with Crippen molar-refractivity contribution >= 4 is 34.6 Å². The first-order valence-electron chi connectivity index (χ1n) is 11.6. The van der Waals surface area contributed by atoms with E-state index >= 15 is 0 Å². The second-order valence-corrected chi connectivity index (χ2v) is 8.80. The van der Waals surface area contributed by atoms with E-state index in [4.69, 9.17) is 12.2 Å². The lowest BCUT2D eigenvalue weighted by Crippen LogP contribution is -2.30. The molecule has 1 aliphatic rings. The van der Waals surface area contributed by atoms with E-state index in [1.165, 1.54) is 0 Å². The Bertz CT molecular complexity index is 1350. The van der Waals surface area contributed by atoms with Crippen molar-refractivity contribution in [3.05, 3.63) is 102 Å². The highest BCUT2D eigenvalue weighted by Crippen LogP contribution is 2.42. The van der Waals surface area contributed by atoms with Gasteiger partial charge in [-0.1, -0.05) is 13.0 Å². The Morgan fingerprint density at radius 1 is 1.09 bits per heavy atom. The van der Waals surface area contributed by atoms with Gasteiger partial charge in [-0.3, -0.25) is 14.8 Å². The molecule has 0 aliphatic carbocycles. The van der Waals surface area contributed by atoms with E-state index in [1.54, 1.807) is 12.4 Å². The van der Waals surface area contributed by atoms with Gasteiger partial charge in [-0.05, 0) is 79.3 Å². The van der Waals surface area contributed by atoms with E-state index in [-0.39, 0.29) is 18.0 Å². The molecule has 1 aromatic carbocycles. The lowest BCUT2D eigenvalue weighted by Gasteiger charge is -2.29. The summed E-state index contributed by atoms with van der Waals surface area (Å²) in [5.41, 5.74) is 5.65. The number of aryl methyl sites for hydroxylation is 1. The molecule has 176 valence electrons. The monoisotopic (exact) mass is 482 g/mol. The van der Waals surface area contributed by atoms with Crippen molar-refractivity contribution in [3.8, 4) is 5.69 Å². The largest absolute Gasteiger partial charge is 0.351 e. The number of benzene rings is 1. The van der Waals surface area contributed by atoms with Crippen LogP contribution >= 0.6 is 12.2 Å². The summed E-state index contributed by atoms with van der Waals surface area (Å²) in [7, 11) is 0. The van der Waals surface area contributed by atoms with Crippen LogP contribution in [-0.2, 0) is 4.79 Å². The molecule has 1 amide bonds. The Balaban J connectivity index is 1.61. The number of thiocarbonyl (C=S) groups is 1. The number of rotatable bonds is 6. The van der Waals surface area contributed by atoms with Crippen molar-refractivity contribution in [3.63, 3.8) is 0 Å². The molecule has 1 fully saturated rings. The van der Waals surface area contributed by atoms with Crippen LogP contribution in [0.3, 0.4) is 0 Å². The maximum Gasteiger partial charge on any atom is 0.224 e. The first-order valence-corrected chi connectivity index (χ1v) is 12.0. The summed E-state index contributed by atoms with van der Waals surface area (Å²) in [6.07, 6.45) is 7.88. The highest BCUT2D eigenvalue weighted by atomic mass is 32.1. The molecule has 2 atom stereocenters. The molecule has 4 aromatic rings. The standard InChI is InChI=1S/C27H26N6OS/c1-3-24(34)30-21-12-11-19(16-18(21)2)33-26(25(31-27(33)35)22-9-4-5-14-29-22)23-10-7-15-32(23)20-8-6-13-28-17-20/h4-17,25-26H,3H2,1-2H3,(H,30,34)(H,31,35)/t25-,26-/m0/s1. The van der Waals surface area contributed by atoms with E-state index in [0.29, 0.717) is 11.5 Å². The van der Waals surface area contributed by atoms with Crippen LogP contribution in [0.4, 0.5) is 11.4 Å². The molecule has 1 aliphatic heterocycles. The van der Waals surface area contributed by atoms with Gasteiger partial charge < -0.3 is 20.1 Å². The number of carbonyl (C=O) groups is 1. The first kappa shape index (κ1) is 22.7. The van der Waals surface area contributed by atoms with Crippen LogP contribution in [0, 0.1) is 6.92 Å². The molecule has 0 bridgehead atoms. The number of carbonyl (C=O) groups excluding carboxylic acids is 1. The molecule has 3 aromatic heterocycles. The van der Waals surface area contributed by atoms with Crippen LogP contribution in [0.25, 0.3) is 5.69 Å². The summed E-state index contributed by atoms with van der Waals surface area (Å²) >= 11 is 5.87. The fourth-order valence-electron chi connectivity index (χ4n) is 4.48. The number of aromatic nitrogens is 3. The van der Waals surface area contributed by atoms with Crippen molar-refractivity contribution < 1.29 is 4.79 Å². The predicted octanol–water partition coefficient (Wildman–Crippen LogP) is 5.10. The van der Waals surface area contributed by atoms with Gasteiger partial charge in [-0.15, -0.1) is 0 Å². The molecular weight excluding hydrogens is 456 g/mol. The van der Waals surface area contributed by atoms with Gasteiger partial charge in [-0.2, -0.15) is 0 Å². The average Bonchev–Trinajstić information content (AvgIpc) is 3.50. The third-order valence-electron chi connectivity index (χ3n) is 6.19. The maximum atomic E-state index is 11.9. The number of hydrogen-bond donors (Lipinski definition) is 2. The lowest BCUT2D eigenvalue weighted by atomic mass is 10.0. The molecule has 4 heterocycles. The van der Waals surface area contributed by atoms with Crippen LogP contribution in [0.1, 0.15) is 42.4 Å². The summed E-state index contributed by atoms with van der Waals surface area (Å²) in [6, 6.07) is 19.7. The topological polar surface area (TPSA) is 75.1 Å². The quantitative estimate of drug-likeness (QED) is 0.373. The zero-order valence-electron chi connectivity index (χ0n) is 19.6. The molecule has 0 radical (unpaired) electrons. The number of hydrogen-bond acceptors (Lipinski definition) is 4. The lowest BCUT2D eigenvalue weighted by molar-refractivity contribution is -0.115. The highest BCUT2D eigenvalue weighted by molar-refractivity contribution is 7.80. The van der Waals surface area contributed by atoms with E-state index in [0.717, 1.165) is 34.0 Å². The minimum absolute atomic E-state index is 0.0124. The Kier molecular flexibility index (Phi) is 6.29. The number of nitrogens with one attached hydrogen (secondary N) is 2. The number of nitrogens with zero attached hydrogens (tertiary/aromatic N) is 4. The summed E-state index contributed by atoms with van der Waals surface area (Å²) in [4.78, 5) is 23.0. The number of anilines is 2. The van der Waals surface area contributed by atoms with Gasteiger partial charge in [0.25, 0.3) is 0 Å². The fourth-order valence-corrected chi connectivity index (χ4v) is 4.82. The van der Waals surface area contributed by atoms with Crippen LogP contribution in [0.2, 0.25) is 0 Å². The fraction of sp³-hybridized carbons (Fsp3) is 0.185. The molecule has 0 spiro atoms. The molecular formula is C27H26N6OS. The highest BCUT2D eigenvalue weighted by Gasteiger charge is 2.42. The second-order valence-electron chi connectivity index (χ2n) is 8.41. The summed E-state index contributed by atoms with van der Waals surface area (Å²) < 4.78 is 2.14. The average molecular weight is 483 g/mol. The van der Waals surface area contributed by atoms with Gasteiger partial charge in [0.15, 0.2) is 5.11 Å². The van der Waals surface area contributed by atoms with E-state index in [9.17, 15) is 4.79 Å². The Hall–Kier alpha value is -4.04. The van der Waals surface area contributed by atoms with Gasteiger partial charge >= 0.3 is 0 Å². The van der Waals surface area contributed by atoms with Crippen molar-refractivity contribution in [2.75, 3.05) is 10.2 Å². The molecule has 0 unspecified atom stereocenters. The van der Waals surface area contributed by atoms with Gasteiger partial charge in [-0.25, -0.2) is 0 Å². The first-order chi connectivity index (χ1) is 17.1. The van der Waals surface area contributed by atoms with E-state index in [2.05, 4.69) is 42.2 Å². The molecule has 1 saturated heterocycles. The Labute approximate surface area is 209 Å². The molecule has 0 saturated carbocycles. The van der Waals surface area contributed by atoms with E-state index < -0.39 is 0 Å². The van der Waals surface area contributed by atoms with Crippen molar-refractivity contribution in [2.45, 2.75) is 32.4 Å². The van der Waals surface area contributed by atoms with Crippen molar-refractivity contribution in [1.82, 2.24) is 19.9 Å². The zero-order chi connectivity index (χ0) is 24.4. The van der Waals surface area contributed by atoms with Crippen molar-refractivity contribution in [2.24, 2.45) is 0 Å². The number of pyridine rings is 2. The van der Waals surface area contributed by atoms with Gasteiger partial charge in [0.1, 0.15) is 6.04 Å². The third-order valence-corrected chi connectivity index (χ3v) is 6.50.